The lowest BCUT2D eigenvalue weighted by atomic mass is 9.81. The minimum Gasteiger partial charge on any atom is -0.497 e. The minimum atomic E-state index is 0.129. The predicted octanol–water partition coefficient (Wildman–Crippen LogP) is 2.23. The first kappa shape index (κ1) is 13.6. The molecule has 0 radical (unpaired) electrons. The molecule has 0 spiro atoms. The van der Waals surface area contributed by atoms with Gasteiger partial charge in [-0.1, -0.05) is 12.1 Å². The summed E-state index contributed by atoms with van der Waals surface area (Å²) in [6.45, 7) is 2.82. The van der Waals surface area contributed by atoms with Gasteiger partial charge in [-0.3, -0.25) is 4.79 Å². The van der Waals surface area contributed by atoms with Crippen molar-refractivity contribution in [3.63, 3.8) is 0 Å². The van der Waals surface area contributed by atoms with Crippen molar-refractivity contribution in [2.24, 2.45) is 5.92 Å². The second-order valence-corrected chi connectivity index (χ2v) is 6.27. The maximum Gasteiger partial charge on any atom is 0.250 e. The van der Waals surface area contributed by atoms with Gasteiger partial charge in [0.05, 0.1) is 7.11 Å². The van der Waals surface area contributed by atoms with Crippen molar-refractivity contribution in [1.29, 1.82) is 0 Å². The fourth-order valence-corrected chi connectivity index (χ4v) is 3.87. The summed E-state index contributed by atoms with van der Waals surface area (Å²) in [4.78, 5) is 12.3. The molecule has 3 heterocycles. The monoisotopic (exact) mass is 296 g/mol. The largest absolute Gasteiger partial charge is 0.497 e. The highest BCUT2D eigenvalue weighted by Gasteiger charge is 2.32. The molecule has 2 aliphatic rings. The van der Waals surface area contributed by atoms with E-state index in [-0.39, 0.29) is 5.56 Å². The number of pyridine rings is 1. The molecular weight excluding hydrogens is 276 g/mol. The highest BCUT2D eigenvalue weighted by Crippen LogP contribution is 2.37. The van der Waals surface area contributed by atoms with Gasteiger partial charge in [-0.05, 0) is 42.6 Å². The number of rotatable bonds is 2. The first-order valence-corrected chi connectivity index (χ1v) is 7.85. The molecule has 1 N–H and O–H groups in total. The van der Waals surface area contributed by atoms with E-state index in [2.05, 4.69) is 17.4 Å². The molecule has 4 nitrogen and oxygen atoms in total. The van der Waals surface area contributed by atoms with Crippen LogP contribution in [0.2, 0.25) is 0 Å². The van der Waals surface area contributed by atoms with Crippen LogP contribution in [0, 0.1) is 5.92 Å². The summed E-state index contributed by atoms with van der Waals surface area (Å²) < 4.78 is 7.24. The average molecular weight is 296 g/mol. The second kappa shape index (κ2) is 5.29. The molecule has 4 rings (SSSR count). The first-order valence-electron chi connectivity index (χ1n) is 7.85. The molecule has 0 unspecified atom stereocenters. The topological polar surface area (TPSA) is 43.3 Å². The number of fused-ring (bicyclic) bond motifs is 4. The number of nitrogens with one attached hydrogen (secondary N) is 1. The lowest BCUT2D eigenvalue weighted by Gasteiger charge is -2.38. The van der Waals surface area contributed by atoms with Crippen molar-refractivity contribution in [3.8, 4) is 16.9 Å². The third-order valence-electron chi connectivity index (χ3n) is 4.90. The Kier molecular flexibility index (Phi) is 3.26. The molecule has 0 saturated carbocycles. The molecule has 0 amide bonds. The number of ether oxygens (including phenoxy) is 1. The molecule has 4 heteroatoms. The Morgan fingerprint density at radius 3 is 2.73 bits per heavy atom. The highest BCUT2D eigenvalue weighted by molar-refractivity contribution is 5.67. The van der Waals surface area contributed by atoms with Crippen LogP contribution in [0.4, 0.5) is 0 Å². The predicted molar refractivity (Wildman–Crippen MR) is 86.4 cm³/mol. The van der Waals surface area contributed by atoms with Crippen molar-refractivity contribution < 1.29 is 4.74 Å². The molecule has 1 fully saturated rings. The molecule has 2 aromatic rings. The summed E-state index contributed by atoms with van der Waals surface area (Å²) in [5.74, 6) is 1.86. The van der Waals surface area contributed by atoms with Crippen LogP contribution in [0.5, 0.6) is 5.75 Å². The van der Waals surface area contributed by atoms with Crippen LogP contribution in [0.1, 0.15) is 18.0 Å². The van der Waals surface area contributed by atoms with Gasteiger partial charge in [0, 0.05) is 36.3 Å². The number of piperidine rings is 1. The molecule has 2 bridgehead atoms. The van der Waals surface area contributed by atoms with Gasteiger partial charge in [-0.2, -0.15) is 0 Å². The fraction of sp³-hybridized carbons (Fsp3) is 0.389. The van der Waals surface area contributed by atoms with Crippen LogP contribution >= 0.6 is 0 Å². The van der Waals surface area contributed by atoms with E-state index < -0.39 is 0 Å². The standard InChI is InChI=1S/C18H20N2O2/c1-22-15-4-2-13(3-5-15)16-6-7-17(21)20-11-12-8-14(18(16)20)10-19-9-12/h2-7,12,14,19H,8-11H2,1H3/t12-,14-/m0/s1. The van der Waals surface area contributed by atoms with Crippen LogP contribution in [-0.4, -0.2) is 24.8 Å². The van der Waals surface area contributed by atoms with E-state index in [0.29, 0.717) is 11.8 Å². The van der Waals surface area contributed by atoms with Gasteiger partial charge in [0.25, 0.3) is 5.56 Å². The third-order valence-corrected chi connectivity index (χ3v) is 4.90. The Bertz CT molecular complexity index is 749. The van der Waals surface area contributed by atoms with E-state index in [4.69, 9.17) is 4.74 Å². The van der Waals surface area contributed by atoms with Crippen molar-refractivity contribution in [3.05, 3.63) is 52.4 Å². The van der Waals surface area contributed by atoms with Gasteiger partial charge in [-0.25, -0.2) is 0 Å². The quantitative estimate of drug-likeness (QED) is 0.924. The lowest BCUT2D eigenvalue weighted by Crippen LogP contribution is -2.45. The summed E-state index contributed by atoms with van der Waals surface area (Å²) in [5.41, 5.74) is 3.65. The van der Waals surface area contributed by atoms with E-state index >= 15 is 0 Å². The molecular formula is C18H20N2O2. The third kappa shape index (κ3) is 2.15. The second-order valence-electron chi connectivity index (χ2n) is 6.27. The summed E-state index contributed by atoms with van der Waals surface area (Å²) in [7, 11) is 1.67. The lowest BCUT2D eigenvalue weighted by molar-refractivity contribution is 0.258. The summed E-state index contributed by atoms with van der Waals surface area (Å²) in [5, 5.41) is 3.51. The van der Waals surface area contributed by atoms with Crippen molar-refractivity contribution in [1.82, 2.24) is 9.88 Å². The van der Waals surface area contributed by atoms with Crippen molar-refractivity contribution in [2.75, 3.05) is 20.2 Å². The normalized spacial score (nSPS) is 23.0. The fourth-order valence-electron chi connectivity index (χ4n) is 3.87. The Balaban J connectivity index is 1.86. The van der Waals surface area contributed by atoms with Gasteiger partial charge < -0.3 is 14.6 Å². The Labute approximate surface area is 129 Å². The van der Waals surface area contributed by atoms with Gasteiger partial charge in [0.15, 0.2) is 0 Å². The van der Waals surface area contributed by atoms with Crippen molar-refractivity contribution >= 4 is 0 Å². The molecule has 114 valence electrons. The zero-order valence-electron chi connectivity index (χ0n) is 12.7. The highest BCUT2D eigenvalue weighted by atomic mass is 16.5. The number of benzene rings is 1. The van der Waals surface area contributed by atoms with Crippen molar-refractivity contribution in [2.45, 2.75) is 18.9 Å². The summed E-state index contributed by atoms with van der Waals surface area (Å²) in [6.07, 6.45) is 1.18. The van der Waals surface area contributed by atoms with E-state index in [1.165, 1.54) is 17.7 Å². The summed E-state index contributed by atoms with van der Waals surface area (Å²) >= 11 is 0. The molecule has 1 aromatic heterocycles. The smallest absolute Gasteiger partial charge is 0.250 e. The zero-order valence-corrected chi connectivity index (χ0v) is 12.7. The van der Waals surface area contributed by atoms with E-state index in [1.807, 2.05) is 22.8 Å². The van der Waals surface area contributed by atoms with Gasteiger partial charge >= 0.3 is 0 Å². The Hall–Kier alpha value is -2.07. The van der Waals surface area contributed by atoms with E-state index in [1.54, 1.807) is 13.2 Å². The minimum absolute atomic E-state index is 0.129. The molecule has 2 atom stereocenters. The Morgan fingerprint density at radius 2 is 1.95 bits per heavy atom. The SMILES string of the molecule is COc1ccc(-c2ccc(=O)n3c2[C@@H]2CNC[C@H](C2)C3)cc1. The van der Waals surface area contributed by atoms with Gasteiger partial charge in [-0.15, -0.1) is 0 Å². The number of nitrogens with zero attached hydrogens (tertiary/aromatic N) is 1. The van der Waals surface area contributed by atoms with Crippen LogP contribution in [-0.2, 0) is 6.54 Å². The number of hydrogen-bond donors (Lipinski definition) is 1. The van der Waals surface area contributed by atoms with Crippen LogP contribution < -0.4 is 15.6 Å². The molecule has 1 aromatic carbocycles. The van der Waals surface area contributed by atoms with Crippen LogP contribution in [0.15, 0.2) is 41.2 Å². The Morgan fingerprint density at radius 1 is 1.14 bits per heavy atom. The average Bonchev–Trinajstić information content (AvgIpc) is 2.56. The maximum atomic E-state index is 12.3. The van der Waals surface area contributed by atoms with E-state index in [0.717, 1.165) is 30.9 Å². The molecule has 0 aliphatic carbocycles. The van der Waals surface area contributed by atoms with E-state index in [9.17, 15) is 4.79 Å². The van der Waals surface area contributed by atoms with Crippen LogP contribution in [0.3, 0.4) is 0 Å². The maximum absolute atomic E-state index is 12.3. The number of aromatic nitrogens is 1. The number of methoxy groups -OCH3 is 1. The molecule has 22 heavy (non-hydrogen) atoms. The summed E-state index contributed by atoms with van der Waals surface area (Å²) in [6, 6.07) is 11.8. The molecule has 1 saturated heterocycles. The number of hydrogen-bond acceptors (Lipinski definition) is 3. The zero-order chi connectivity index (χ0) is 15.1. The van der Waals surface area contributed by atoms with Crippen LogP contribution in [0.25, 0.3) is 11.1 Å². The van der Waals surface area contributed by atoms with Gasteiger partial charge in [0.1, 0.15) is 5.75 Å². The van der Waals surface area contributed by atoms with Gasteiger partial charge in [0.2, 0.25) is 0 Å². The molecule has 2 aliphatic heterocycles. The first-order chi connectivity index (χ1) is 10.8.